The molecule has 0 bridgehead atoms. The van der Waals surface area contributed by atoms with E-state index in [0.29, 0.717) is 0 Å². The van der Waals surface area contributed by atoms with Gasteiger partial charge in [-0.1, -0.05) is 15.9 Å². The third-order valence-corrected chi connectivity index (χ3v) is 2.51. The summed E-state index contributed by atoms with van der Waals surface area (Å²) >= 11 is 3.43. The molecule has 1 aromatic heterocycles. The molecule has 0 N–H and O–H groups in total. The number of rotatable bonds is 1. The summed E-state index contributed by atoms with van der Waals surface area (Å²) in [5, 5.41) is 0.931. The summed E-state index contributed by atoms with van der Waals surface area (Å²) in [5.41, 5.74) is 1.31. The lowest BCUT2D eigenvalue weighted by molar-refractivity contribution is 0.727. The van der Waals surface area contributed by atoms with Crippen molar-refractivity contribution in [3.63, 3.8) is 0 Å². The molecule has 10 heavy (non-hydrogen) atoms. The summed E-state index contributed by atoms with van der Waals surface area (Å²) in [6, 6.07) is 0. The molecule has 0 aromatic carbocycles. The van der Waals surface area contributed by atoms with Crippen molar-refractivity contribution in [2.75, 3.05) is 0 Å². The van der Waals surface area contributed by atoms with Crippen molar-refractivity contribution in [3.05, 3.63) is 17.7 Å². The highest BCUT2D eigenvalue weighted by Gasteiger charge is 2.13. The average Bonchev–Trinajstić information content (AvgIpc) is 2.44. The molecule has 3 heteroatoms. The lowest BCUT2D eigenvalue weighted by Crippen LogP contribution is -1.96. The Hall–Kier alpha value is -0.310. The van der Waals surface area contributed by atoms with Crippen LogP contribution in [0.25, 0.3) is 0 Å². The predicted molar refractivity (Wildman–Crippen MR) is 43.2 cm³/mol. The van der Waals surface area contributed by atoms with Crippen LogP contribution < -0.4 is 0 Å². The molecule has 0 spiro atoms. The zero-order chi connectivity index (χ0) is 6.97. The van der Waals surface area contributed by atoms with Crippen LogP contribution in [0.2, 0.25) is 0 Å². The Morgan fingerprint density at radius 3 is 3.40 bits per heavy atom. The molecule has 1 aliphatic rings. The third-order valence-electron chi connectivity index (χ3n) is 1.94. The number of imidazole rings is 1. The van der Waals surface area contributed by atoms with E-state index in [1.165, 1.54) is 17.9 Å². The van der Waals surface area contributed by atoms with Crippen LogP contribution in [0, 0.1) is 0 Å². The standard InChI is InChI=1S/C7H9BrN2/c8-4-6-5-9-7-2-1-3-10(6)7/h5H,1-4H2. The fraction of sp³-hybridized carbons (Fsp3) is 0.571. The Labute approximate surface area is 68.4 Å². The number of fused-ring (bicyclic) bond motifs is 1. The maximum atomic E-state index is 4.30. The number of hydrogen-bond acceptors (Lipinski definition) is 1. The van der Waals surface area contributed by atoms with Gasteiger partial charge >= 0.3 is 0 Å². The van der Waals surface area contributed by atoms with Crippen LogP contribution in [0.3, 0.4) is 0 Å². The van der Waals surface area contributed by atoms with Gasteiger partial charge in [-0.3, -0.25) is 0 Å². The van der Waals surface area contributed by atoms with Crippen molar-refractivity contribution in [2.45, 2.75) is 24.7 Å². The summed E-state index contributed by atoms with van der Waals surface area (Å²) in [6.45, 7) is 1.16. The van der Waals surface area contributed by atoms with Crippen LogP contribution in [-0.4, -0.2) is 9.55 Å². The maximum absolute atomic E-state index is 4.30. The van der Waals surface area contributed by atoms with E-state index in [2.05, 4.69) is 25.5 Å². The Balaban J connectivity index is 2.44. The van der Waals surface area contributed by atoms with E-state index in [1.54, 1.807) is 0 Å². The molecule has 0 unspecified atom stereocenters. The first kappa shape index (κ1) is 6.40. The van der Waals surface area contributed by atoms with Gasteiger partial charge in [0.15, 0.2) is 0 Å². The molecule has 0 saturated carbocycles. The van der Waals surface area contributed by atoms with Crippen molar-refractivity contribution in [2.24, 2.45) is 0 Å². The largest absolute Gasteiger partial charge is 0.331 e. The van der Waals surface area contributed by atoms with Crippen LogP contribution in [0.15, 0.2) is 6.20 Å². The Morgan fingerprint density at radius 1 is 1.70 bits per heavy atom. The molecule has 2 rings (SSSR count). The van der Waals surface area contributed by atoms with Crippen LogP contribution in [0.5, 0.6) is 0 Å². The minimum atomic E-state index is 0.931. The second kappa shape index (κ2) is 2.38. The molecule has 0 saturated heterocycles. The van der Waals surface area contributed by atoms with Gasteiger partial charge < -0.3 is 4.57 Å². The summed E-state index contributed by atoms with van der Waals surface area (Å²) in [6.07, 6.45) is 4.39. The number of aryl methyl sites for hydroxylation is 1. The first-order chi connectivity index (χ1) is 4.92. The molecule has 0 radical (unpaired) electrons. The molecule has 0 atom stereocenters. The van der Waals surface area contributed by atoms with Crippen molar-refractivity contribution >= 4 is 15.9 Å². The smallest absolute Gasteiger partial charge is 0.108 e. The quantitative estimate of drug-likeness (QED) is 0.632. The van der Waals surface area contributed by atoms with Gasteiger partial charge in [0.1, 0.15) is 5.82 Å². The van der Waals surface area contributed by atoms with Crippen LogP contribution in [-0.2, 0) is 18.3 Å². The molecule has 2 heterocycles. The number of nitrogens with zero attached hydrogens (tertiary/aromatic N) is 2. The molecule has 54 valence electrons. The molecule has 0 aliphatic carbocycles. The van der Waals surface area contributed by atoms with Crippen molar-refractivity contribution in [3.8, 4) is 0 Å². The van der Waals surface area contributed by atoms with E-state index in [1.807, 2.05) is 6.20 Å². The van der Waals surface area contributed by atoms with Gasteiger partial charge in [0.05, 0.1) is 0 Å². The SMILES string of the molecule is BrCc1cnc2n1CCC2. The van der Waals surface area contributed by atoms with E-state index in [0.717, 1.165) is 18.3 Å². The summed E-state index contributed by atoms with van der Waals surface area (Å²) in [7, 11) is 0. The van der Waals surface area contributed by atoms with E-state index >= 15 is 0 Å². The van der Waals surface area contributed by atoms with Gasteiger partial charge in [0.2, 0.25) is 0 Å². The van der Waals surface area contributed by atoms with E-state index in [4.69, 9.17) is 0 Å². The van der Waals surface area contributed by atoms with Gasteiger partial charge in [-0.25, -0.2) is 4.98 Å². The molecule has 1 aromatic rings. The number of aromatic nitrogens is 2. The molecule has 1 aliphatic heterocycles. The lowest BCUT2D eigenvalue weighted by Gasteiger charge is -1.98. The average molecular weight is 201 g/mol. The highest BCUT2D eigenvalue weighted by molar-refractivity contribution is 9.08. The summed E-state index contributed by atoms with van der Waals surface area (Å²) < 4.78 is 2.30. The lowest BCUT2D eigenvalue weighted by atomic mass is 10.4. The second-order valence-electron chi connectivity index (χ2n) is 2.55. The van der Waals surface area contributed by atoms with E-state index < -0.39 is 0 Å². The topological polar surface area (TPSA) is 17.8 Å². The second-order valence-corrected chi connectivity index (χ2v) is 3.12. The van der Waals surface area contributed by atoms with Crippen molar-refractivity contribution in [1.29, 1.82) is 0 Å². The number of alkyl halides is 1. The highest BCUT2D eigenvalue weighted by atomic mass is 79.9. The molecular weight excluding hydrogens is 192 g/mol. The Bertz CT molecular complexity index is 242. The summed E-state index contributed by atoms with van der Waals surface area (Å²) in [4.78, 5) is 4.30. The van der Waals surface area contributed by atoms with Crippen molar-refractivity contribution < 1.29 is 0 Å². The first-order valence-electron chi connectivity index (χ1n) is 3.51. The normalized spacial score (nSPS) is 15.7. The van der Waals surface area contributed by atoms with Gasteiger partial charge in [0.25, 0.3) is 0 Å². The van der Waals surface area contributed by atoms with Gasteiger partial charge in [0, 0.05) is 30.2 Å². The highest BCUT2D eigenvalue weighted by Crippen LogP contribution is 2.17. The molecular formula is C7H9BrN2. The predicted octanol–water partition coefficient (Wildman–Crippen LogP) is 1.72. The Kier molecular flexibility index (Phi) is 1.52. The molecule has 0 fully saturated rings. The minimum Gasteiger partial charge on any atom is -0.331 e. The first-order valence-corrected chi connectivity index (χ1v) is 4.63. The zero-order valence-electron chi connectivity index (χ0n) is 5.68. The zero-order valence-corrected chi connectivity index (χ0v) is 7.26. The van der Waals surface area contributed by atoms with E-state index in [-0.39, 0.29) is 0 Å². The fourth-order valence-electron chi connectivity index (χ4n) is 1.43. The maximum Gasteiger partial charge on any atom is 0.108 e. The monoisotopic (exact) mass is 200 g/mol. The van der Waals surface area contributed by atoms with Crippen LogP contribution in [0.4, 0.5) is 0 Å². The molecule has 0 amide bonds. The van der Waals surface area contributed by atoms with Crippen LogP contribution >= 0.6 is 15.9 Å². The van der Waals surface area contributed by atoms with Crippen LogP contribution in [0.1, 0.15) is 17.9 Å². The van der Waals surface area contributed by atoms with Gasteiger partial charge in [-0.15, -0.1) is 0 Å². The minimum absolute atomic E-state index is 0.931. The Morgan fingerprint density at radius 2 is 2.60 bits per heavy atom. The van der Waals surface area contributed by atoms with Crippen molar-refractivity contribution in [1.82, 2.24) is 9.55 Å². The van der Waals surface area contributed by atoms with Gasteiger partial charge in [-0.2, -0.15) is 0 Å². The number of hydrogen-bond donors (Lipinski definition) is 0. The summed E-state index contributed by atoms with van der Waals surface area (Å²) in [5.74, 6) is 1.26. The van der Waals surface area contributed by atoms with E-state index in [9.17, 15) is 0 Å². The molecule has 2 nitrogen and oxygen atoms in total. The number of halogens is 1. The third kappa shape index (κ3) is 0.804. The fourth-order valence-corrected chi connectivity index (χ4v) is 1.88. The van der Waals surface area contributed by atoms with Gasteiger partial charge in [-0.05, 0) is 6.42 Å².